The number of aliphatic hydroxyl groups is 8. The molecular weight excluding hydrogens is 662 g/mol. The number of hydrogen-bond acceptors (Lipinski definition) is 17. The molecule has 20 nitrogen and oxygen atoms in total. The number of aromatic nitrogens is 2. The first-order valence-electron chi connectivity index (χ1n) is 16.1. The standard InChI is InChI=1S/C29H47N3O17/c1-13-9-32(28(42)31-25(13)41)18-8-14(35)17(46-18)12-45-29(43)30-6-4-2-3-5-7-44-26-23(40)21(38)24(16(11-34)48-26)49-27-22(39)20(37)19(36)15(10-33)47-27/h9,14-24,26-27,33-40H,2-8,10-12H2,1H3,(H,30,43)(H,31,41,42)/t14-,15?,16?,17+,18+,19+,20+,21-,22?,23?,24-,26-,27+/m1/s1. The number of amides is 1. The fourth-order valence-corrected chi connectivity index (χ4v) is 5.71. The van der Waals surface area contributed by atoms with Gasteiger partial charge in [-0.1, -0.05) is 12.8 Å². The van der Waals surface area contributed by atoms with E-state index in [0.29, 0.717) is 37.8 Å². The van der Waals surface area contributed by atoms with E-state index in [-0.39, 0.29) is 19.6 Å². The normalized spacial score (nSPS) is 36.5. The second-order valence-corrected chi connectivity index (χ2v) is 12.2. The average Bonchev–Trinajstić information content (AvgIpc) is 3.45. The molecule has 0 aliphatic carbocycles. The monoisotopic (exact) mass is 709 g/mol. The molecule has 280 valence electrons. The van der Waals surface area contributed by atoms with Crippen molar-refractivity contribution in [3.05, 3.63) is 32.6 Å². The number of aryl methyl sites for hydroxylation is 1. The van der Waals surface area contributed by atoms with E-state index in [9.17, 15) is 55.2 Å². The molecule has 0 spiro atoms. The first-order chi connectivity index (χ1) is 23.4. The molecule has 3 aliphatic heterocycles. The van der Waals surface area contributed by atoms with Crippen LogP contribution in [0.15, 0.2) is 15.8 Å². The molecule has 1 amide bonds. The van der Waals surface area contributed by atoms with Crippen LogP contribution in [0, 0.1) is 6.92 Å². The van der Waals surface area contributed by atoms with E-state index < -0.39 is 110 Å². The number of carbonyl (C=O) groups is 1. The van der Waals surface area contributed by atoms with E-state index in [1.807, 2.05) is 0 Å². The topological polar surface area (TPSA) is 301 Å². The van der Waals surface area contributed by atoms with Crippen molar-refractivity contribution in [1.82, 2.24) is 14.9 Å². The van der Waals surface area contributed by atoms with Crippen LogP contribution in [0.2, 0.25) is 0 Å². The molecule has 3 fully saturated rings. The highest BCUT2D eigenvalue weighted by Crippen LogP contribution is 2.30. The Morgan fingerprint density at radius 1 is 0.878 bits per heavy atom. The molecule has 0 aromatic carbocycles. The van der Waals surface area contributed by atoms with Gasteiger partial charge >= 0.3 is 11.8 Å². The summed E-state index contributed by atoms with van der Waals surface area (Å²) < 4.78 is 33.9. The summed E-state index contributed by atoms with van der Waals surface area (Å²) in [5.74, 6) is 0. The predicted molar refractivity (Wildman–Crippen MR) is 161 cm³/mol. The molecule has 3 saturated heterocycles. The summed E-state index contributed by atoms with van der Waals surface area (Å²) >= 11 is 0. The highest BCUT2D eigenvalue weighted by Gasteiger charge is 2.50. The lowest BCUT2D eigenvalue weighted by molar-refractivity contribution is -0.359. The van der Waals surface area contributed by atoms with Crippen molar-refractivity contribution in [2.45, 2.75) is 119 Å². The number of unbranched alkanes of at least 4 members (excludes halogenated alkanes) is 3. The van der Waals surface area contributed by atoms with Gasteiger partial charge < -0.3 is 74.6 Å². The molecule has 1 aromatic rings. The number of aromatic amines is 1. The molecule has 3 aliphatic rings. The fourth-order valence-electron chi connectivity index (χ4n) is 5.71. The lowest BCUT2D eigenvalue weighted by atomic mass is 9.97. The number of alkyl carbamates (subject to hydrolysis) is 1. The van der Waals surface area contributed by atoms with Crippen molar-refractivity contribution in [1.29, 1.82) is 0 Å². The van der Waals surface area contributed by atoms with Crippen molar-refractivity contribution in [2.24, 2.45) is 0 Å². The Balaban J connectivity index is 1.09. The largest absolute Gasteiger partial charge is 0.447 e. The minimum Gasteiger partial charge on any atom is -0.447 e. The van der Waals surface area contributed by atoms with Crippen LogP contribution in [0.5, 0.6) is 0 Å². The molecule has 49 heavy (non-hydrogen) atoms. The molecule has 0 bridgehead atoms. The number of rotatable bonds is 15. The lowest BCUT2D eigenvalue weighted by Crippen LogP contribution is -2.64. The summed E-state index contributed by atoms with van der Waals surface area (Å²) in [7, 11) is 0. The highest BCUT2D eigenvalue weighted by atomic mass is 16.7. The van der Waals surface area contributed by atoms with Gasteiger partial charge in [-0.3, -0.25) is 14.3 Å². The zero-order chi connectivity index (χ0) is 35.8. The molecule has 13 atom stereocenters. The van der Waals surface area contributed by atoms with Crippen molar-refractivity contribution >= 4 is 6.09 Å². The van der Waals surface area contributed by atoms with Gasteiger partial charge in [0, 0.05) is 31.3 Å². The van der Waals surface area contributed by atoms with Crippen LogP contribution in [0.25, 0.3) is 0 Å². The van der Waals surface area contributed by atoms with Gasteiger partial charge in [0.25, 0.3) is 5.56 Å². The third-order valence-corrected chi connectivity index (χ3v) is 8.62. The number of H-pyrrole nitrogens is 1. The summed E-state index contributed by atoms with van der Waals surface area (Å²) in [5.41, 5.74) is -0.891. The van der Waals surface area contributed by atoms with Gasteiger partial charge in [-0.15, -0.1) is 0 Å². The summed E-state index contributed by atoms with van der Waals surface area (Å²) in [6, 6.07) is 0. The average molecular weight is 710 g/mol. The zero-order valence-corrected chi connectivity index (χ0v) is 26.9. The van der Waals surface area contributed by atoms with E-state index in [1.165, 1.54) is 17.7 Å². The van der Waals surface area contributed by atoms with Crippen LogP contribution in [-0.2, 0) is 28.4 Å². The van der Waals surface area contributed by atoms with Crippen molar-refractivity contribution in [2.75, 3.05) is 33.0 Å². The van der Waals surface area contributed by atoms with Crippen LogP contribution in [0.3, 0.4) is 0 Å². The minimum absolute atomic E-state index is 0.0691. The number of carbonyl (C=O) groups excluding carboxylic acids is 1. The smallest absolute Gasteiger partial charge is 0.407 e. The maximum absolute atomic E-state index is 12.1. The van der Waals surface area contributed by atoms with E-state index in [4.69, 9.17) is 28.4 Å². The van der Waals surface area contributed by atoms with Crippen LogP contribution >= 0.6 is 0 Å². The van der Waals surface area contributed by atoms with Crippen LogP contribution in [0.1, 0.15) is 43.9 Å². The molecule has 4 unspecified atom stereocenters. The molecule has 0 saturated carbocycles. The second-order valence-electron chi connectivity index (χ2n) is 12.2. The molecule has 4 heterocycles. The molecule has 0 radical (unpaired) electrons. The molecular formula is C29H47N3O17. The maximum Gasteiger partial charge on any atom is 0.407 e. The third kappa shape index (κ3) is 9.82. The van der Waals surface area contributed by atoms with Crippen LogP contribution in [0.4, 0.5) is 4.79 Å². The van der Waals surface area contributed by atoms with Crippen molar-refractivity contribution in [3.8, 4) is 0 Å². The first kappa shape index (κ1) is 39.2. The van der Waals surface area contributed by atoms with Crippen molar-refractivity contribution < 1.29 is 74.1 Å². The number of aliphatic hydroxyl groups excluding tert-OH is 8. The summed E-state index contributed by atoms with van der Waals surface area (Å²) in [6.07, 6.45) is -14.8. The summed E-state index contributed by atoms with van der Waals surface area (Å²) in [6.45, 7) is 0.329. The Bertz CT molecular complexity index is 1310. The second kappa shape index (κ2) is 18.1. The quantitative estimate of drug-likeness (QED) is 0.0767. The molecule has 10 N–H and O–H groups in total. The number of nitrogens with zero attached hydrogens (tertiary/aromatic N) is 1. The Morgan fingerprint density at radius 3 is 2.27 bits per heavy atom. The van der Waals surface area contributed by atoms with Gasteiger partial charge in [-0.2, -0.15) is 0 Å². The van der Waals surface area contributed by atoms with Gasteiger partial charge in [0.15, 0.2) is 12.6 Å². The van der Waals surface area contributed by atoms with Gasteiger partial charge in [0.1, 0.15) is 67.8 Å². The minimum atomic E-state index is -1.76. The molecule has 1 aromatic heterocycles. The van der Waals surface area contributed by atoms with Gasteiger partial charge in [0.05, 0.1) is 19.3 Å². The Labute approximate surface area is 279 Å². The van der Waals surface area contributed by atoms with Gasteiger partial charge in [-0.25, -0.2) is 9.59 Å². The fraction of sp³-hybridized carbons (Fsp3) is 0.828. The Hall–Kier alpha value is -2.57. The number of ether oxygens (including phenoxy) is 6. The van der Waals surface area contributed by atoms with Crippen LogP contribution in [-0.4, -0.2) is 163 Å². The highest BCUT2D eigenvalue weighted by molar-refractivity contribution is 5.67. The first-order valence-corrected chi connectivity index (χ1v) is 16.1. The number of hydrogen-bond donors (Lipinski definition) is 10. The molecule has 20 heteroatoms. The zero-order valence-electron chi connectivity index (χ0n) is 26.9. The maximum atomic E-state index is 12.1. The lowest BCUT2D eigenvalue weighted by Gasteiger charge is -2.45. The predicted octanol–water partition coefficient (Wildman–Crippen LogP) is -4.58. The number of nitrogens with one attached hydrogen (secondary N) is 2. The SMILES string of the molecule is Cc1cn([C@@H]2C[C@@H](O)[C@H](COC(=O)NCCCCCCO[C@@H]3OC(CO)[C@@H](O[C@@H]4OC(CO)[C@H](O)[C@H](O)C4O)[C@H](O)C3O)O2)c(=O)[nH]c1=O. The Morgan fingerprint density at radius 2 is 1.55 bits per heavy atom. The summed E-state index contributed by atoms with van der Waals surface area (Å²) in [5, 5.41) is 83.5. The molecule has 4 rings (SSSR count). The van der Waals surface area contributed by atoms with Gasteiger partial charge in [-0.05, 0) is 19.8 Å². The van der Waals surface area contributed by atoms with Crippen LogP contribution < -0.4 is 16.6 Å². The van der Waals surface area contributed by atoms with E-state index in [0.717, 1.165) is 0 Å². The van der Waals surface area contributed by atoms with Crippen molar-refractivity contribution in [3.63, 3.8) is 0 Å². The van der Waals surface area contributed by atoms with Gasteiger partial charge in [0.2, 0.25) is 0 Å². The Kier molecular flexibility index (Phi) is 14.5. The van der Waals surface area contributed by atoms with E-state index in [2.05, 4.69) is 10.3 Å². The third-order valence-electron chi connectivity index (χ3n) is 8.62. The van der Waals surface area contributed by atoms with E-state index >= 15 is 0 Å². The van der Waals surface area contributed by atoms with E-state index in [1.54, 1.807) is 0 Å². The summed E-state index contributed by atoms with van der Waals surface area (Å²) in [4.78, 5) is 38.0.